The lowest BCUT2D eigenvalue weighted by molar-refractivity contribution is -0.137. The van der Waals surface area contributed by atoms with Crippen molar-refractivity contribution in [1.82, 2.24) is 19.8 Å². The first-order chi connectivity index (χ1) is 33.5. The standard InChI is InChI=1S/C48H49Cl4F4N5O9S2/c1-45(2,3)69-43(63)59-17-13-29(14-18-59)15-19-60(42(62)67-27-47(50,51)52)25-34-21-32(12-16-57-34)35-22-31(30-8-7-9-33(20-30)48(54,55)56)10-11-38(35)68-39-24-37(53)40(23-36(39)49)72(65,66)61(41-26-71-28-58-41)44(64)70-46(4,5)6/h7-12,16,20-24,26,28-29H,13-15,17-19,25,27H2,1-6H3. The van der Waals surface area contributed by atoms with Gasteiger partial charge >= 0.3 is 24.5 Å². The number of carbonyl (C=O) groups is 3. The zero-order valence-corrected chi connectivity index (χ0v) is 44.2. The van der Waals surface area contributed by atoms with Crippen LogP contribution in [0.4, 0.5) is 37.8 Å². The molecule has 5 aromatic rings. The number of alkyl halides is 6. The summed E-state index contributed by atoms with van der Waals surface area (Å²) in [7, 11) is -5.07. The maximum atomic E-state index is 16.2. The first-order valence-corrected chi connectivity index (χ1v) is 25.9. The molecule has 1 fully saturated rings. The van der Waals surface area contributed by atoms with Crippen LogP contribution >= 0.6 is 57.7 Å². The summed E-state index contributed by atoms with van der Waals surface area (Å²) in [4.78, 5) is 50.0. The zero-order chi connectivity index (χ0) is 53.0. The molecule has 3 heterocycles. The SMILES string of the molecule is CC(C)(C)OC(=O)N1CCC(CCN(Cc2cc(-c3cc(-c4cccc(C(F)(F)F)c4)ccc3Oc3cc(F)c(S(=O)(=O)N(C(=O)OC(C)(C)C)c4cscn4)cc3Cl)ccn2)C(=O)OCC(Cl)(Cl)Cl)CC1. The second kappa shape index (κ2) is 22.6. The van der Waals surface area contributed by atoms with Crippen LogP contribution in [0, 0.1) is 11.7 Å². The van der Waals surface area contributed by atoms with E-state index in [1.54, 1.807) is 37.8 Å². The fourth-order valence-corrected chi connectivity index (χ4v) is 9.66. The van der Waals surface area contributed by atoms with Crippen LogP contribution in [0.3, 0.4) is 0 Å². The molecule has 0 unspecified atom stereocenters. The minimum Gasteiger partial charge on any atom is -0.455 e. The Hall–Kier alpha value is -5.12. The van der Waals surface area contributed by atoms with Gasteiger partial charge in [-0.05, 0) is 126 Å². The molecule has 0 radical (unpaired) electrons. The summed E-state index contributed by atoms with van der Waals surface area (Å²) in [5.41, 5.74) is -0.0589. The molecule has 72 heavy (non-hydrogen) atoms. The van der Waals surface area contributed by atoms with Gasteiger partial charge < -0.3 is 28.7 Å². The Bertz CT molecular complexity index is 2870. The Balaban J connectivity index is 1.34. The van der Waals surface area contributed by atoms with Crippen molar-refractivity contribution in [3.05, 3.63) is 106 Å². The van der Waals surface area contributed by atoms with E-state index in [0.717, 1.165) is 29.5 Å². The predicted octanol–water partition coefficient (Wildman–Crippen LogP) is 14.0. The van der Waals surface area contributed by atoms with Crippen molar-refractivity contribution < 1.29 is 59.3 Å². The third-order valence-electron chi connectivity index (χ3n) is 10.6. The van der Waals surface area contributed by atoms with E-state index >= 15 is 4.39 Å². The highest BCUT2D eigenvalue weighted by atomic mass is 35.6. The molecule has 0 atom stereocenters. The van der Waals surface area contributed by atoms with E-state index < -0.39 is 77.4 Å². The Labute approximate surface area is 438 Å². The summed E-state index contributed by atoms with van der Waals surface area (Å²) in [6.07, 6.45) is -4.04. The lowest BCUT2D eigenvalue weighted by Crippen LogP contribution is -2.42. The molecule has 1 aliphatic rings. The Morgan fingerprint density at radius 2 is 1.51 bits per heavy atom. The van der Waals surface area contributed by atoms with Gasteiger partial charge in [-0.2, -0.15) is 13.2 Å². The summed E-state index contributed by atoms with van der Waals surface area (Å²) >= 11 is 25.4. The third kappa shape index (κ3) is 15.2. The summed E-state index contributed by atoms with van der Waals surface area (Å²) in [6.45, 7) is 10.3. The maximum absolute atomic E-state index is 16.2. The molecular formula is C48H49Cl4F4N5O9S2. The number of piperidine rings is 1. The number of pyridine rings is 1. The van der Waals surface area contributed by atoms with Crippen LogP contribution in [-0.4, -0.2) is 87.7 Å². The van der Waals surface area contributed by atoms with E-state index in [4.69, 9.17) is 65.4 Å². The second-order valence-corrected chi connectivity index (χ2v) is 23.9. The van der Waals surface area contributed by atoms with Crippen molar-refractivity contribution in [3.8, 4) is 33.8 Å². The largest absolute Gasteiger partial charge is 0.455 e. The van der Waals surface area contributed by atoms with Crippen LogP contribution in [0.1, 0.15) is 72.1 Å². The Morgan fingerprint density at radius 1 is 0.833 bits per heavy atom. The first kappa shape index (κ1) is 56.2. The summed E-state index contributed by atoms with van der Waals surface area (Å²) in [6, 6.07) is 13.6. The lowest BCUT2D eigenvalue weighted by Gasteiger charge is -2.34. The smallest absolute Gasteiger partial charge is 0.430 e. The van der Waals surface area contributed by atoms with Crippen molar-refractivity contribution in [1.29, 1.82) is 0 Å². The normalized spacial score (nSPS) is 13.9. The van der Waals surface area contributed by atoms with Crippen LogP contribution in [0.2, 0.25) is 5.02 Å². The Morgan fingerprint density at radius 3 is 2.14 bits per heavy atom. The minimum absolute atomic E-state index is 0.0192. The van der Waals surface area contributed by atoms with Gasteiger partial charge in [0.25, 0.3) is 10.0 Å². The Kier molecular flexibility index (Phi) is 17.6. The molecule has 0 N–H and O–H groups in total. The predicted molar refractivity (Wildman–Crippen MR) is 267 cm³/mol. The maximum Gasteiger partial charge on any atom is 0.430 e. The first-order valence-electron chi connectivity index (χ1n) is 22.0. The number of sulfonamides is 1. The third-order valence-corrected chi connectivity index (χ3v) is 13.5. The lowest BCUT2D eigenvalue weighted by atomic mass is 9.93. The summed E-state index contributed by atoms with van der Waals surface area (Å²) in [5, 5.41) is 0.838. The van der Waals surface area contributed by atoms with E-state index in [1.165, 1.54) is 73.1 Å². The highest BCUT2D eigenvalue weighted by Gasteiger charge is 2.39. The van der Waals surface area contributed by atoms with Gasteiger partial charge in [0.2, 0.25) is 3.79 Å². The van der Waals surface area contributed by atoms with E-state index in [9.17, 15) is 36.0 Å². The van der Waals surface area contributed by atoms with Crippen molar-refractivity contribution in [2.75, 3.05) is 30.5 Å². The molecule has 6 rings (SSSR count). The van der Waals surface area contributed by atoms with Crippen LogP contribution < -0.4 is 9.04 Å². The van der Waals surface area contributed by atoms with Crippen LogP contribution in [-0.2, 0) is 37.0 Å². The van der Waals surface area contributed by atoms with Gasteiger partial charge in [-0.15, -0.1) is 15.6 Å². The van der Waals surface area contributed by atoms with Gasteiger partial charge in [0.15, 0.2) is 5.82 Å². The monoisotopic (exact) mass is 1120 g/mol. The van der Waals surface area contributed by atoms with Gasteiger partial charge in [-0.1, -0.05) is 64.6 Å². The molecule has 2 aromatic heterocycles. The molecule has 0 saturated carbocycles. The highest BCUT2D eigenvalue weighted by Crippen LogP contribution is 2.42. The number of aromatic nitrogens is 2. The van der Waals surface area contributed by atoms with Crippen molar-refractivity contribution >= 4 is 91.9 Å². The number of amides is 3. The number of hydrogen-bond donors (Lipinski definition) is 0. The van der Waals surface area contributed by atoms with Crippen LogP contribution in [0.15, 0.2) is 88.7 Å². The molecule has 3 amide bonds. The molecule has 24 heteroatoms. The average molecular weight is 1120 g/mol. The molecule has 0 aliphatic carbocycles. The number of nitrogens with zero attached hydrogens (tertiary/aromatic N) is 5. The van der Waals surface area contributed by atoms with E-state index in [-0.39, 0.29) is 51.8 Å². The number of rotatable bonds is 13. The van der Waals surface area contributed by atoms with Crippen molar-refractivity contribution in [2.45, 2.75) is 93.4 Å². The quantitative estimate of drug-likeness (QED) is 0.0628. The van der Waals surface area contributed by atoms with Crippen molar-refractivity contribution in [3.63, 3.8) is 0 Å². The average Bonchev–Trinajstić information content (AvgIpc) is 3.80. The number of thiazole rings is 1. The van der Waals surface area contributed by atoms with Crippen molar-refractivity contribution in [2.24, 2.45) is 5.92 Å². The molecule has 14 nitrogen and oxygen atoms in total. The molecule has 0 spiro atoms. The number of hydrogen-bond acceptors (Lipinski definition) is 12. The minimum atomic E-state index is -5.07. The summed E-state index contributed by atoms with van der Waals surface area (Å²) in [5.74, 6) is -2.02. The van der Waals surface area contributed by atoms with E-state index in [1.807, 2.05) is 0 Å². The van der Waals surface area contributed by atoms with Crippen LogP contribution in [0.5, 0.6) is 11.5 Å². The van der Waals surface area contributed by atoms with Gasteiger partial charge in [-0.3, -0.25) is 4.98 Å². The number of halogens is 8. The molecule has 1 aliphatic heterocycles. The number of ether oxygens (including phenoxy) is 4. The molecule has 3 aromatic carbocycles. The zero-order valence-electron chi connectivity index (χ0n) is 39.6. The number of carbonyl (C=O) groups excluding carboxylic acids is 3. The summed E-state index contributed by atoms with van der Waals surface area (Å²) < 4.78 is 107. The fourth-order valence-electron chi connectivity index (χ4n) is 7.29. The molecule has 0 bridgehead atoms. The molecule has 1 saturated heterocycles. The molecule has 388 valence electrons. The number of benzene rings is 3. The van der Waals surface area contributed by atoms with Gasteiger partial charge in [0, 0.05) is 42.8 Å². The second-order valence-electron chi connectivity index (χ2n) is 18.5. The van der Waals surface area contributed by atoms with E-state index in [0.29, 0.717) is 55.2 Å². The van der Waals surface area contributed by atoms with Gasteiger partial charge in [-0.25, -0.2) is 32.2 Å². The number of likely N-dealkylation sites (tertiary alicyclic amines) is 1. The number of anilines is 1. The fraction of sp³-hybridized carbons (Fsp3) is 0.396. The van der Waals surface area contributed by atoms with E-state index in [2.05, 4.69) is 9.97 Å². The topological polar surface area (TPSA) is 158 Å². The molecular weight excluding hydrogens is 1070 g/mol. The van der Waals surface area contributed by atoms with Gasteiger partial charge in [0.05, 0.1) is 28.3 Å². The van der Waals surface area contributed by atoms with Gasteiger partial charge in [0.1, 0.15) is 40.0 Å². The van der Waals surface area contributed by atoms with Crippen LogP contribution in [0.25, 0.3) is 22.3 Å². The highest BCUT2D eigenvalue weighted by molar-refractivity contribution is 7.93.